The molecule has 2 fully saturated rings. The van der Waals surface area contributed by atoms with Crippen molar-refractivity contribution in [3.05, 3.63) is 22.0 Å². The number of carbonyl (C=O) groups is 1. The fourth-order valence-electron chi connectivity index (χ4n) is 3.70. The number of piperidine rings is 1. The summed E-state index contributed by atoms with van der Waals surface area (Å²) in [5.74, 6) is 1.37. The number of carbonyl (C=O) groups excluding carboxylic acids is 1. The van der Waals surface area contributed by atoms with Gasteiger partial charge in [-0.25, -0.2) is 0 Å². The van der Waals surface area contributed by atoms with Crippen molar-refractivity contribution >= 4 is 28.5 Å². The highest BCUT2D eigenvalue weighted by Crippen LogP contribution is 2.52. The first-order valence-electron chi connectivity index (χ1n) is 9.61. The van der Waals surface area contributed by atoms with Gasteiger partial charge in [0.1, 0.15) is 6.61 Å². The Morgan fingerprint density at radius 2 is 2.00 bits per heavy atom. The Bertz CT molecular complexity index is 710. The molecule has 1 amide bonds. The lowest BCUT2D eigenvalue weighted by Gasteiger charge is -2.31. The molecule has 8 heteroatoms. The number of likely N-dealkylation sites (tertiary alicyclic amines) is 1. The Labute approximate surface area is 180 Å². The molecular formula is C20H30IN3O4. The number of fused-ring (bicyclic) bond motifs is 1. The minimum absolute atomic E-state index is 0.0101. The van der Waals surface area contributed by atoms with Crippen LogP contribution in [-0.2, 0) is 9.53 Å². The Morgan fingerprint density at radius 1 is 1.36 bits per heavy atom. The third-order valence-corrected chi connectivity index (χ3v) is 5.97. The maximum atomic E-state index is 12.7. The molecule has 0 aromatic carbocycles. The van der Waals surface area contributed by atoms with Crippen LogP contribution in [0.4, 0.5) is 0 Å². The van der Waals surface area contributed by atoms with Gasteiger partial charge in [-0.2, -0.15) is 0 Å². The van der Waals surface area contributed by atoms with E-state index in [0.29, 0.717) is 19.7 Å². The SMILES string of the molecule is CC(C)(COc1cnccc1I)NC(=O)[C@H]1[C@@H]2CN(C(O)OC(C)(C)C)C[C@@H]21. The van der Waals surface area contributed by atoms with Crippen LogP contribution in [0.2, 0.25) is 0 Å². The highest BCUT2D eigenvalue weighted by Gasteiger charge is 2.60. The summed E-state index contributed by atoms with van der Waals surface area (Å²) in [6, 6.07) is 1.89. The third-order valence-electron chi connectivity index (χ3n) is 5.08. The number of hydrogen-bond donors (Lipinski definition) is 2. The van der Waals surface area contributed by atoms with Crippen LogP contribution in [-0.4, -0.2) is 58.1 Å². The number of aromatic nitrogens is 1. The monoisotopic (exact) mass is 503 g/mol. The largest absolute Gasteiger partial charge is 0.488 e. The maximum Gasteiger partial charge on any atom is 0.224 e. The van der Waals surface area contributed by atoms with Crippen molar-refractivity contribution in [3.8, 4) is 5.75 Å². The number of nitrogens with zero attached hydrogens (tertiary/aromatic N) is 2. The lowest BCUT2D eigenvalue weighted by Crippen LogP contribution is -2.49. The number of ether oxygens (including phenoxy) is 2. The molecule has 7 nitrogen and oxygen atoms in total. The summed E-state index contributed by atoms with van der Waals surface area (Å²) in [5, 5.41) is 13.3. The standard InChI is InChI=1S/C20H30IN3O4/c1-19(2,3)28-18(26)24-9-12-13(10-24)16(12)17(25)23-20(4,5)11-27-15-8-22-7-6-14(15)21/h6-8,12-13,16,18,26H,9-11H2,1-5H3,(H,23,25)/t12-,13+,16+,18?. The van der Waals surface area contributed by atoms with E-state index in [2.05, 4.69) is 32.9 Å². The maximum absolute atomic E-state index is 12.7. The average molecular weight is 503 g/mol. The molecule has 1 saturated heterocycles. The van der Waals surface area contributed by atoms with Crippen LogP contribution in [0.5, 0.6) is 5.75 Å². The zero-order chi connectivity index (χ0) is 20.7. The summed E-state index contributed by atoms with van der Waals surface area (Å²) in [7, 11) is 0. The first-order valence-corrected chi connectivity index (χ1v) is 10.7. The number of nitrogens with one attached hydrogen (secondary N) is 1. The second-order valence-corrected chi connectivity index (χ2v) is 10.5. The van der Waals surface area contributed by atoms with Gasteiger partial charge in [0.05, 0.1) is 20.9 Å². The zero-order valence-electron chi connectivity index (χ0n) is 17.1. The predicted octanol–water partition coefficient (Wildman–Crippen LogP) is 2.23. The fraction of sp³-hybridized carbons (Fsp3) is 0.700. The van der Waals surface area contributed by atoms with Crippen LogP contribution in [0.25, 0.3) is 0 Å². The first-order chi connectivity index (χ1) is 13.0. The van der Waals surface area contributed by atoms with Gasteiger partial charge in [-0.05, 0) is 75.1 Å². The molecule has 1 aromatic rings. The molecule has 1 aliphatic carbocycles. The quantitative estimate of drug-likeness (QED) is 0.439. The van der Waals surface area contributed by atoms with E-state index in [1.54, 1.807) is 12.4 Å². The van der Waals surface area contributed by atoms with E-state index in [-0.39, 0.29) is 23.7 Å². The normalized spacial score (nSPS) is 25.9. The number of rotatable bonds is 7. The Morgan fingerprint density at radius 3 is 2.57 bits per heavy atom. The van der Waals surface area contributed by atoms with E-state index < -0.39 is 17.6 Å². The molecule has 1 saturated carbocycles. The van der Waals surface area contributed by atoms with Gasteiger partial charge >= 0.3 is 0 Å². The Hall–Kier alpha value is -0.970. The average Bonchev–Trinajstić information content (AvgIpc) is 3.07. The van der Waals surface area contributed by atoms with Crippen LogP contribution in [0.3, 0.4) is 0 Å². The molecule has 0 radical (unpaired) electrons. The topological polar surface area (TPSA) is 83.9 Å². The van der Waals surface area contributed by atoms with E-state index in [1.165, 1.54) is 0 Å². The molecule has 1 aliphatic heterocycles. The molecule has 2 aliphatic rings. The summed E-state index contributed by atoms with van der Waals surface area (Å²) in [6.07, 6.45) is 2.49. The molecular weight excluding hydrogens is 473 g/mol. The van der Waals surface area contributed by atoms with Gasteiger partial charge in [-0.1, -0.05) is 0 Å². The van der Waals surface area contributed by atoms with Gasteiger partial charge in [-0.15, -0.1) is 0 Å². The molecule has 1 unspecified atom stereocenters. The molecule has 156 valence electrons. The van der Waals surface area contributed by atoms with E-state index in [9.17, 15) is 9.90 Å². The van der Waals surface area contributed by atoms with Crippen molar-refractivity contribution in [1.29, 1.82) is 0 Å². The van der Waals surface area contributed by atoms with E-state index in [1.807, 2.05) is 45.6 Å². The number of aliphatic hydroxyl groups is 1. The molecule has 0 spiro atoms. The minimum Gasteiger partial charge on any atom is -0.488 e. The molecule has 4 atom stereocenters. The van der Waals surface area contributed by atoms with E-state index in [0.717, 1.165) is 9.32 Å². The Kier molecular flexibility index (Phi) is 6.24. The fourth-order valence-corrected chi connectivity index (χ4v) is 4.16. The summed E-state index contributed by atoms with van der Waals surface area (Å²) >= 11 is 2.20. The predicted molar refractivity (Wildman–Crippen MR) is 114 cm³/mol. The molecule has 2 heterocycles. The van der Waals surface area contributed by atoms with Crippen LogP contribution in [0.15, 0.2) is 18.5 Å². The van der Waals surface area contributed by atoms with E-state index >= 15 is 0 Å². The van der Waals surface area contributed by atoms with Crippen LogP contribution in [0.1, 0.15) is 34.6 Å². The number of pyridine rings is 1. The zero-order valence-corrected chi connectivity index (χ0v) is 19.3. The molecule has 3 rings (SSSR count). The summed E-state index contributed by atoms with van der Waals surface area (Å²) in [5.41, 5.74) is -0.888. The minimum atomic E-state index is -0.914. The van der Waals surface area contributed by atoms with Gasteiger partial charge in [0, 0.05) is 25.2 Å². The number of hydrogen-bond acceptors (Lipinski definition) is 6. The van der Waals surface area contributed by atoms with Crippen molar-refractivity contribution in [2.75, 3.05) is 19.7 Å². The van der Waals surface area contributed by atoms with Crippen LogP contribution >= 0.6 is 22.6 Å². The van der Waals surface area contributed by atoms with Crippen molar-refractivity contribution in [1.82, 2.24) is 15.2 Å². The highest BCUT2D eigenvalue weighted by atomic mass is 127. The summed E-state index contributed by atoms with van der Waals surface area (Å²) in [6.45, 7) is 11.4. The number of aliphatic hydroxyl groups excluding tert-OH is 1. The third kappa shape index (κ3) is 5.34. The van der Waals surface area contributed by atoms with E-state index in [4.69, 9.17) is 9.47 Å². The molecule has 28 heavy (non-hydrogen) atoms. The highest BCUT2D eigenvalue weighted by molar-refractivity contribution is 14.1. The first kappa shape index (κ1) is 21.7. The molecule has 1 aromatic heterocycles. The lowest BCUT2D eigenvalue weighted by atomic mass is 10.1. The van der Waals surface area contributed by atoms with Crippen molar-refractivity contribution in [3.63, 3.8) is 0 Å². The van der Waals surface area contributed by atoms with Gasteiger partial charge in [0.15, 0.2) is 5.75 Å². The number of amides is 1. The van der Waals surface area contributed by atoms with Gasteiger partial charge < -0.3 is 19.9 Å². The molecule has 0 bridgehead atoms. The van der Waals surface area contributed by atoms with Crippen molar-refractivity contribution in [2.45, 2.75) is 52.2 Å². The summed E-state index contributed by atoms with van der Waals surface area (Å²) < 4.78 is 12.4. The lowest BCUT2D eigenvalue weighted by molar-refractivity contribution is -0.236. The number of halogens is 1. The Balaban J connectivity index is 1.46. The molecule has 2 N–H and O–H groups in total. The van der Waals surface area contributed by atoms with Gasteiger partial charge in [0.25, 0.3) is 0 Å². The van der Waals surface area contributed by atoms with Crippen molar-refractivity contribution in [2.24, 2.45) is 17.8 Å². The van der Waals surface area contributed by atoms with Gasteiger partial charge in [0.2, 0.25) is 12.3 Å². The second-order valence-electron chi connectivity index (χ2n) is 9.33. The smallest absolute Gasteiger partial charge is 0.224 e. The van der Waals surface area contributed by atoms with Gasteiger partial charge in [-0.3, -0.25) is 14.7 Å². The second kappa shape index (κ2) is 8.04. The van der Waals surface area contributed by atoms with Crippen molar-refractivity contribution < 1.29 is 19.4 Å². The van der Waals surface area contributed by atoms with Crippen LogP contribution < -0.4 is 10.1 Å². The van der Waals surface area contributed by atoms with Crippen LogP contribution in [0, 0.1) is 21.3 Å². The summed E-state index contributed by atoms with van der Waals surface area (Å²) in [4.78, 5) is 18.7.